The van der Waals surface area contributed by atoms with E-state index < -0.39 is 11.8 Å². The molecule has 208 valence electrons. The van der Waals surface area contributed by atoms with E-state index in [1.807, 2.05) is 26.0 Å². The van der Waals surface area contributed by atoms with Gasteiger partial charge in [0.25, 0.3) is 5.91 Å². The Balaban J connectivity index is 1.57. The number of nitrogens with one attached hydrogen (secondary N) is 2. The monoisotopic (exact) mass is 546 g/mol. The first kappa shape index (κ1) is 27.6. The van der Waals surface area contributed by atoms with Gasteiger partial charge in [0.05, 0.1) is 24.1 Å². The number of imidazole rings is 1. The number of carbonyl (C=O) groups is 3. The van der Waals surface area contributed by atoms with E-state index in [0.717, 1.165) is 0 Å². The molecule has 0 aliphatic rings. The third-order valence-electron chi connectivity index (χ3n) is 6.02. The molecule has 0 bridgehead atoms. The van der Waals surface area contributed by atoms with Gasteiger partial charge < -0.3 is 27.3 Å². The van der Waals surface area contributed by atoms with E-state index in [1.54, 1.807) is 15.3 Å². The summed E-state index contributed by atoms with van der Waals surface area (Å²) in [4.78, 5) is 45.1. The van der Waals surface area contributed by atoms with Crippen LogP contribution in [-0.4, -0.2) is 55.7 Å². The number of nitrogens with two attached hydrogens (primary N) is 3. The van der Waals surface area contributed by atoms with Crippen LogP contribution >= 0.6 is 0 Å². The van der Waals surface area contributed by atoms with Gasteiger partial charge in [-0.2, -0.15) is 5.10 Å². The van der Waals surface area contributed by atoms with Gasteiger partial charge >= 0.3 is 0 Å². The average Bonchev–Trinajstić information content (AvgIpc) is 3.47. The van der Waals surface area contributed by atoms with E-state index >= 15 is 0 Å². The van der Waals surface area contributed by atoms with Crippen molar-refractivity contribution in [2.75, 3.05) is 30.0 Å². The number of anilines is 3. The van der Waals surface area contributed by atoms with Crippen LogP contribution in [0.15, 0.2) is 42.6 Å². The molecule has 4 rings (SSSR count). The molecular formula is C26H30N10O4. The Kier molecular flexibility index (Phi) is 7.98. The highest BCUT2D eigenvalue weighted by Gasteiger charge is 2.19. The fourth-order valence-electron chi connectivity index (χ4n) is 4.10. The van der Waals surface area contributed by atoms with Crippen LogP contribution in [0.3, 0.4) is 0 Å². The molecule has 0 fully saturated rings. The number of hydrogen-bond acceptors (Lipinski definition) is 9. The lowest BCUT2D eigenvalue weighted by atomic mass is 10.1. The number of fused-ring (bicyclic) bond motifs is 1. The van der Waals surface area contributed by atoms with Gasteiger partial charge in [-0.15, -0.1) is 0 Å². The third-order valence-corrected chi connectivity index (χ3v) is 6.02. The molecule has 0 aliphatic carbocycles. The molecular weight excluding hydrogens is 516 g/mol. The van der Waals surface area contributed by atoms with Crippen LogP contribution in [0.1, 0.15) is 43.8 Å². The summed E-state index contributed by atoms with van der Waals surface area (Å²) in [6, 6.07) is 6.20. The minimum absolute atomic E-state index is 0.198. The van der Waals surface area contributed by atoms with Gasteiger partial charge in [0, 0.05) is 31.4 Å². The quantitative estimate of drug-likeness (QED) is 0.136. The third kappa shape index (κ3) is 5.70. The average molecular weight is 547 g/mol. The van der Waals surface area contributed by atoms with Crippen molar-refractivity contribution < 1.29 is 19.1 Å². The predicted octanol–water partition coefficient (Wildman–Crippen LogP) is 1.67. The van der Waals surface area contributed by atoms with Crippen molar-refractivity contribution in [3.63, 3.8) is 0 Å². The van der Waals surface area contributed by atoms with Crippen LogP contribution in [0.4, 0.5) is 17.3 Å². The van der Waals surface area contributed by atoms with Crippen LogP contribution in [0.25, 0.3) is 11.2 Å². The number of benzene rings is 1. The Labute approximate surface area is 229 Å². The number of aromatic nitrogens is 5. The number of allylic oxidation sites excluding steroid dienone is 1. The number of primary amides is 2. The van der Waals surface area contributed by atoms with Gasteiger partial charge in [-0.25, -0.2) is 9.97 Å². The number of hydrogen-bond donors (Lipinski definition) is 5. The van der Waals surface area contributed by atoms with Crippen LogP contribution in [0, 0.1) is 6.92 Å². The fraction of sp³-hybridized carbons (Fsp3) is 0.231. The Bertz CT molecular complexity index is 1640. The Morgan fingerprint density at radius 2 is 1.82 bits per heavy atom. The highest BCUT2D eigenvalue weighted by atomic mass is 16.5. The van der Waals surface area contributed by atoms with E-state index in [0.29, 0.717) is 52.8 Å². The van der Waals surface area contributed by atoms with E-state index in [-0.39, 0.29) is 29.5 Å². The molecule has 4 aromatic rings. The Hall–Kier alpha value is -5.40. The molecule has 3 heterocycles. The van der Waals surface area contributed by atoms with Gasteiger partial charge in [0.15, 0.2) is 5.65 Å². The molecule has 0 aliphatic heterocycles. The summed E-state index contributed by atoms with van der Waals surface area (Å²) in [5.74, 6) is -1.02. The molecule has 0 saturated heterocycles. The van der Waals surface area contributed by atoms with Crippen molar-refractivity contribution >= 4 is 46.2 Å². The smallest absolute Gasteiger partial charge is 0.276 e. The predicted molar refractivity (Wildman–Crippen MR) is 150 cm³/mol. The molecule has 14 nitrogen and oxygen atoms in total. The molecule has 0 radical (unpaired) electrons. The Morgan fingerprint density at radius 1 is 1.07 bits per heavy atom. The minimum atomic E-state index is -0.638. The van der Waals surface area contributed by atoms with Crippen molar-refractivity contribution in [2.24, 2.45) is 11.5 Å². The second-order valence-corrected chi connectivity index (χ2v) is 8.78. The minimum Gasteiger partial charge on any atom is -0.494 e. The Morgan fingerprint density at radius 3 is 2.50 bits per heavy atom. The van der Waals surface area contributed by atoms with Crippen LogP contribution in [-0.2, 0) is 13.1 Å². The van der Waals surface area contributed by atoms with Crippen molar-refractivity contribution in [3.8, 4) is 5.75 Å². The van der Waals surface area contributed by atoms with E-state index in [4.69, 9.17) is 21.9 Å². The summed E-state index contributed by atoms with van der Waals surface area (Å²) >= 11 is 0. The molecule has 14 heteroatoms. The van der Waals surface area contributed by atoms with E-state index in [2.05, 4.69) is 25.7 Å². The SMILES string of the molecule is CCn1nc(C)cc1C(=O)Nc1nc2cc(C(N)=O)cnc2n1CC=CCNc1c(N)cc(C(N)=O)cc1OC. The van der Waals surface area contributed by atoms with E-state index in [9.17, 15) is 14.4 Å². The van der Waals surface area contributed by atoms with Gasteiger partial charge in [0.1, 0.15) is 22.6 Å². The standard InChI is InChI=1S/C26H30N10O4/c1-4-36-19(9-14(2)34-36)25(39)33-26-32-18-11-16(23(29)38)13-31-24(18)35(26)8-6-5-7-30-21-17(27)10-15(22(28)37)12-20(21)40-3/h5-6,9-13,30H,4,7-8,27H2,1-3H3,(H2,28,37)(H2,29,38)(H,32,33,39). The second-order valence-electron chi connectivity index (χ2n) is 8.78. The molecule has 1 aromatic carbocycles. The zero-order valence-corrected chi connectivity index (χ0v) is 22.3. The molecule has 3 aromatic heterocycles. The molecule has 0 saturated carbocycles. The topological polar surface area (TPSA) is 211 Å². The molecule has 8 N–H and O–H groups in total. The maximum Gasteiger partial charge on any atom is 0.276 e. The van der Waals surface area contributed by atoms with Crippen molar-refractivity contribution in [2.45, 2.75) is 26.9 Å². The highest BCUT2D eigenvalue weighted by molar-refractivity contribution is 6.03. The summed E-state index contributed by atoms with van der Waals surface area (Å²) in [6.45, 7) is 4.87. The summed E-state index contributed by atoms with van der Waals surface area (Å²) in [5.41, 5.74) is 20.0. The number of ether oxygens (including phenoxy) is 1. The number of methoxy groups -OCH3 is 1. The van der Waals surface area contributed by atoms with Gasteiger partial charge in [0.2, 0.25) is 17.8 Å². The first-order valence-corrected chi connectivity index (χ1v) is 12.3. The van der Waals surface area contributed by atoms with Crippen LogP contribution in [0.2, 0.25) is 0 Å². The maximum absolute atomic E-state index is 13.1. The first-order chi connectivity index (χ1) is 19.1. The largest absolute Gasteiger partial charge is 0.494 e. The number of pyridine rings is 1. The van der Waals surface area contributed by atoms with Crippen molar-refractivity contribution in [1.29, 1.82) is 0 Å². The number of rotatable bonds is 11. The van der Waals surface area contributed by atoms with Gasteiger partial charge in [-0.3, -0.25) is 28.9 Å². The summed E-state index contributed by atoms with van der Waals surface area (Å²) < 4.78 is 8.64. The lowest BCUT2D eigenvalue weighted by Crippen LogP contribution is -2.20. The lowest BCUT2D eigenvalue weighted by Gasteiger charge is -2.14. The summed E-state index contributed by atoms with van der Waals surface area (Å²) in [5, 5.41) is 10.3. The maximum atomic E-state index is 13.1. The number of carbonyl (C=O) groups excluding carboxylic acids is 3. The van der Waals surface area contributed by atoms with Gasteiger partial charge in [-0.1, -0.05) is 12.2 Å². The molecule has 0 spiro atoms. The zero-order chi connectivity index (χ0) is 29.0. The first-order valence-electron chi connectivity index (χ1n) is 12.3. The summed E-state index contributed by atoms with van der Waals surface area (Å²) in [6.07, 6.45) is 5.04. The highest BCUT2D eigenvalue weighted by Crippen LogP contribution is 2.32. The van der Waals surface area contributed by atoms with Crippen LogP contribution in [0.5, 0.6) is 5.75 Å². The molecule has 3 amide bonds. The zero-order valence-electron chi connectivity index (χ0n) is 22.3. The van der Waals surface area contributed by atoms with Crippen molar-refractivity contribution in [1.82, 2.24) is 24.3 Å². The van der Waals surface area contributed by atoms with Crippen LogP contribution < -0.4 is 32.6 Å². The number of amides is 3. The summed E-state index contributed by atoms with van der Waals surface area (Å²) in [7, 11) is 1.46. The number of nitrogens with zero attached hydrogens (tertiary/aromatic N) is 5. The molecule has 40 heavy (non-hydrogen) atoms. The fourth-order valence-corrected chi connectivity index (χ4v) is 4.10. The van der Waals surface area contributed by atoms with Gasteiger partial charge in [-0.05, 0) is 38.1 Å². The van der Waals surface area contributed by atoms with Crippen molar-refractivity contribution in [3.05, 3.63) is 65.1 Å². The van der Waals surface area contributed by atoms with E-state index in [1.165, 1.54) is 31.5 Å². The molecule has 0 unspecified atom stereocenters. The number of aryl methyl sites for hydroxylation is 2. The normalized spacial score (nSPS) is 11.2. The number of nitrogen functional groups attached to an aromatic ring is 1. The molecule has 0 atom stereocenters. The lowest BCUT2D eigenvalue weighted by molar-refractivity contribution is 0.0991. The second kappa shape index (κ2) is 11.6.